The van der Waals surface area contributed by atoms with Crippen LogP contribution in [0, 0.1) is 5.92 Å². The van der Waals surface area contributed by atoms with Crippen molar-refractivity contribution in [2.75, 3.05) is 0 Å². The minimum atomic E-state index is 0.185. The lowest BCUT2D eigenvalue weighted by Gasteiger charge is -2.07. The predicted molar refractivity (Wildman–Crippen MR) is 62.4 cm³/mol. The van der Waals surface area contributed by atoms with Crippen molar-refractivity contribution >= 4 is 11.9 Å². The highest BCUT2D eigenvalue weighted by atomic mass is 16.1. The van der Waals surface area contributed by atoms with Crippen LogP contribution in [0.15, 0.2) is 35.9 Å². The highest BCUT2D eigenvalue weighted by Crippen LogP contribution is 2.33. The van der Waals surface area contributed by atoms with Crippen LogP contribution in [-0.4, -0.2) is 5.78 Å². The van der Waals surface area contributed by atoms with Gasteiger partial charge in [-0.1, -0.05) is 42.0 Å². The summed E-state index contributed by atoms with van der Waals surface area (Å²) >= 11 is 0. The molecule has 0 bridgehead atoms. The van der Waals surface area contributed by atoms with E-state index in [0.29, 0.717) is 5.78 Å². The molecule has 0 spiro atoms. The van der Waals surface area contributed by atoms with Crippen LogP contribution in [-0.2, 0) is 4.79 Å². The second kappa shape index (κ2) is 4.43. The molecule has 0 saturated heterocycles. The Morgan fingerprint density at radius 2 is 2.07 bits per heavy atom. The molecule has 1 aliphatic rings. The zero-order valence-corrected chi connectivity index (χ0v) is 9.07. The van der Waals surface area contributed by atoms with Gasteiger partial charge in [-0.2, -0.15) is 0 Å². The van der Waals surface area contributed by atoms with Crippen molar-refractivity contribution in [3.05, 3.63) is 41.5 Å². The lowest BCUT2D eigenvalue weighted by molar-refractivity contribution is -0.119. The summed E-state index contributed by atoms with van der Waals surface area (Å²) in [5.74, 6) is 0.500. The zero-order valence-electron chi connectivity index (χ0n) is 9.07. The summed E-state index contributed by atoms with van der Waals surface area (Å²) in [7, 11) is 0. The van der Waals surface area contributed by atoms with Gasteiger partial charge in [-0.3, -0.25) is 4.79 Å². The van der Waals surface area contributed by atoms with Crippen molar-refractivity contribution in [3.8, 4) is 0 Å². The molecule has 1 aromatic rings. The summed E-state index contributed by atoms with van der Waals surface area (Å²) in [6, 6.07) is 10.2. The fourth-order valence-electron chi connectivity index (χ4n) is 2.27. The number of allylic oxidation sites excluding steroid dienone is 1. The summed E-state index contributed by atoms with van der Waals surface area (Å²) < 4.78 is 0. The zero-order chi connectivity index (χ0) is 10.7. The van der Waals surface area contributed by atoms with Gasteiger partial charge in [0.25, 0.3) is 0 Å². The molecule has 2 rings (SSSR count). The molecule has 1 aromatic carbocycles. The maximum atomic E-state index is 11.4. The SMILES string of the molecule is CC(=O)C1CCCC1=Cc1ccccc1. The molecular weight excluding hydrogens is 184 g/mol. The van der Waals surface area contributed by atoms with Crippen LogP contribution in [0.2, 0.25) is 0 Å². The van der Waals surface area contributed by atoms with E-state index in [9.17, 15) is 4.79 Å². The van der Waals surface area contributed by atoms with E-state index in [0.717, 1.165) is 19.3 Å². The highest BCUT2D eigenvalue weighted by Gasteiger charge is 2.24. The molecule has 1 atom stereocenters. The van der Waals surface area contributed by atoms with E-state index in [1.807, 2.05) is 18.2 Å². The van der Waals surface area contributed by atoms with Gasteiger partial charge in [0.15, 0.2) is 0 Å². The molecule has 1 fully saturated rings. The maximum Gasteiger partial charge on any atom is 0.136 e. The van der Waals surface area contributed by atoms with Crippen molar-refractivity contribution in [1.82, 2.24) is 0 Å². The molecule has 0 radical (unpaired) electrons. The first kappa shape index (κ1) is 10.2. The van der Waals surface area contributed by atoms with Gasteiger partial charge in [-0.25, -0.2) is 0 Å². The molecule has 1 aliphatic carbocycles. The second-order valence-corrected chi connectivity index (χ2v) is 4.19. The van der Waals surface area contributed by atoms with Crippen LogP contribution in [0.1, 0.15) is 31.7 Å². The molecule has 0 aliphatic heterocycles. The van der Waals surface area contributed by atoms with Gasteiger partial charge in [0.2, 0.25) is 0 Å². The number of ketones is 1. The van der Waals surface area contributed by atoms with E-state index in [-0.39, 0.29) is 5.92 Å². The van der Waals surface area contributed by atoms with E-state index in [1.165, 1.54) is 11.1 Å². The minimum Gasteiger partial charge on any atom is -0.299 e. The van der Waals surface area contributed by atoms with Crippen LogP contribution in [0.4, 0.5) is 0 Å². The first-order valence-electron chi connectivity index (χ1n) is 5.53. The van der Waals surface area contributed by atoms with Gasteiger partial charge in [0.05, 0.1) is 0 Å². The van der Waals surface area contributed by atoms with Gasteiger partial charge in [-0.15, -0.1) is 0 Å². The maximum absolute atomic E-state index is 11.4. The van der Waals surface area contributed by atoms with Crippen molar-refractivity contribution < 1.29 is 4.79 Å². The number of hydrogen-bond acceptors (Lipinski definition) is 1. The third-order valence-corrected chi connectivity index (χ3v) is 3.05. The summed E-state index contributed by atoms with van der Waals surface area (Å²) in [5.41, 5.74) is 2.52. The molecule has 1 unspecified atom stereocenters. The van der Waals surface area contributed by atoms with Gasteiger partial charge in [0, 0.05) is 5.92 Å². The average molecular weight is 200 g/mol. The summed E-state index contributed by atoms with van der Waals surface area (Å²) in [5, 5.41) is 0. The molecule has 15 heavy (non-hydrogen) atoms. The lowest BCUT2D eigenvalue weighted by Crippen LogP contribution is -2.07. The van der Waals surface area contributed by atoms with Crippen molar-refractivity contribution in [2.45, 2.75) is 26.2 Å². The van der Waals surface area contributed by atoms with Crippen LogP contribution in [0.5, 0.6) is 0 Å². The Morgan fingerprint density at radius 3 is 2.73 bits per heavy atom. The molecule has 1 nitrogen and oxygen atoms in total. The monoisotopic (exact) mass is 200 g/mol. The first-order valence-corrected chi connectivity index (χ1v) is 5.53. The summed E-state index contributed by atoms with van der Waals surface area (Å²) in [4.78, 5) is 11.4. The van der Waals surface area contributed by atoms with E-state index < -0.39 is 0 Å². The molecule has 1 saturated carbocycles. The number of benzene rings is 1. The van der Waals surface area contributed by atoms with Gasteiger partial charge in [-0.05, 0) is 31.7 Å². The van der Waals surface area contributed by atoms with Crippen LogP contribution < -0.4 is 0 Å². The third kappa shape index (κ3) is 2.35. The topological polar surface area (TPSA) is 17.1 Å². The Hall–Kier alpha value is -1.37. The van der Waals surface area contributed by atoms with Crippen LogP contribution >= 0.6 is 0 Å². The van der Waals surface area contributed by atoms with E-state index >= 15 is 0 Å². The molecule has 0 heterocycles. The van der Waals surface area contributed by atoms with Crippen molar-refractivity contribution in [3.63, 3.8) is 0 Å². The molecular formula is C14H16O. The Bertz CT molecular complexity index is 376. The van der Waals surface area contributed by atoms with Gasteiger partial charge in [0.1, 0.15) is 5.78 Å². The molecule has 78 valence electrons. The fraction of sp³-hybridized carbons (Fsp3) is 0.357. The van der Waals surface area contributed by atoms with Gasteiger partial charge >= 0.3 is 0 Å². The summed E-state index contributed by atoms with van der Waals surface area (Å²) in [6.45, 7) is 1.70. The third-order valence-electron chi connectivity index (χ3n) is 3.05. The van der Waals surface area contributed by atoms with Crippen molar-refractivity contribution in [2.24, 2.45) is 5.92 Å². The molecule has 0 N–H and O–H groups in total. The largest absolute Gasteiger partial charge is 0.299 e. The normalized spacial score (nSPS) is 23.3. The van der Waals surface area contributed by atoms with E-state index in [2.05, 4.69) is 18.2 Å². The average Bonchev–Trinajstić information content (AvgIpc) is 2.67. The quantitative estimate of drug-likeness (QED) is 0.714. The Balaban J connectivity index is 2.23. The molecule has 0 amide bonds. The number of carbonyl (C=O) groups is 1. The second-order valence-electron chi connectivity index (χ2n) is 4.19. The predicted octanol–water partition coefficient (Wildman–Crippen LogP) is 3.46. The Morgan fingerprint density at radius 1 is 1.33 bits per heavy atom. The lowest BCUT2D eigenvalue weighted by atomic mass is 9.97. The number of carbonyl (C=O) groups excluding carboxylic acids is 1. The smallest absolute Gasteiger partial charge is 0.136 e. The molecule has 0 aromatic heterocycles. The highest BCUT2D eigenvalue weighted by molar-refractivity contribution is 5.83. The van der Waals surface area contributed by atoms with Crippen molar-refractivity contribution in [1.29, 1.82) is 0 Å². The minimum absolute atomic E-state index is 0.185. The number of Topliss-reactive ketones (excluding diaryl/α,β-unsaturated/α-hetero) is 1. The first-order chi connectivity index (χ1) is 7.27. The van der Waals surface area contributed by atoms with Crippen LogP contribution in [0.25, 0.3) is 6.08 Å². The van der Waals surface area contributed by atoms with Gasteiger partial charge < -0.3 is 0 Å². The standard InChI is InChI=1S/C14H16O/c1-11(15)14-9-5-8-13(14)10-12-6-3-2-4-7-12/h2-4,6-7,10,14H,5,8-9H2,1H3. The van der Waals surface area contributed by atoms with E-state index in [1.54, 1.807) is 6.92 Å². The van der Waals surface area contributed by atoms with Crippen LogP contribution in [0.3, 0.4) is 0 Å². The number of rotatable bonds is 2. The summed E-state index contributed by atoms with van der Waals surface area (Å²) in [6.07, 6.45) is 5.45. The van der Waals surface area contributed by atoms with E-state index in [4.69, 9.17) is 0 Å². The Labute approximate surface area is 90.8 Å². The Kier molecular flexibility index (Phi) is 3.00. The fourth-order valence-corrected chi connectivity index (χ4v) is 2.27. The number of hydrogen-bond donors (Lipinski definition) is 0. The molecule has 1 heteroatoms.